The van der Waals surface area contributed by atoms with Gasteiger partial charge in [0.15, 0.2) is 0 Å². The number of nitrogens with zero attached hydrogens (tertiary/aromatic N) is 1. The van der Waals surface area contributed by atoms with Crippen LogP contribution >= 0.6 is 11.9 Å². The first-order valence-corrected chi connectivity index (χ1v) is 3.22. The fourth-order valence-corrected chi connectivity index (χ4v) is 0.313. The summed E-state index contributed by atoms with van der Waals surface area (Å²) >= 11 is 4.49. The number of carbonyl (C=O) groups is 1. The van der Waals surface area contributed by atoms with Crippen molar-refractivity contribution in [1.29, 1.82) is 0 Å². The van der Waals surface area contributed by atoms with Crippen LogP contribution < -0.4 is 0 Å². The zero-order valence-electron chi connectivity index (χ0n) is 6.03. The maximum atomic E-state index is 9.46. The summed E-state index contributed by atoms with van der Waals surface area (Å²) in [5, 5.41) is 0. The summed E-state index contributed by atoms with van der Waals surface area (Å²) in [5.41, 5.74) is 0. The van der Waals surface area contributed by atoms with E-state index >= 15 is 0 Å². The van der Waals surface area contributed by atoms with Gasteiger partial charge in [0.25, 0.3) is 0 Å². The summed E-state index contributed by atoms with van der Waals surface area (Å²) in [6.45, 7) is 1.23. The molecule has 0 aromatic carbocycles. The average Bonchev–Trinajstić information content (AvgIpc) is 2.09. The molecule has 0 amide bonds. The predicted octanol–water partition coefficient (Wildman–Crippen LogP) is 1.78. The van der Waals surface area contributed by atoms with E-state index in [0.717, 1.165) is 0 Å². The summed E-state index contributed by atoms with van der Waals surface area (Å²) in [4.78, 5) is 13.2. The van der Waals surface area contributed by atoms with Crippen molar-refractivity contribution in [3.63, 3.8) is 0 Å². The van der Waals surface area contributed by atoms with E-state index < -0.39 is 5.97 Å². The smallest absolute Gasteiger partial charge is 0.321 e. The molecule has 4 heteroatoms. The van der Waals surface area contributed by atoms with Crippen LogP contribution in [0.25, 0.3) is 0 Å². The summed E-state index contributed by atoms with van der Waals surface area (Å²) in [7, 11) is 0. The van der Waals surface area contributed by atoms with Crippen molar-refractivity contribution in [2.45, 2.75) is 6.92 Å². The zero-order valence-corrected chi connectivity index (χ0v) is 6.78. The minimum absolute atomic E-state index is 0.480. The number of aromatic nitrogens is 1. The minimum atomic E-state index is -0.480. The SMILES string of the molecule is CC(=O)OCl.c1ccncc1. The molecular weight excluding hydrogens is 166 g/mol. The Morgan fingerprint density at radius 3 is 1.91 bits per heavy atom. The van der Waals surface area contributed by atoms with Crippen LogP contribution in [0.1, 0.15) is 6.92 Å². The molecule has 1 aromatic heterocycles. The third kappa shape index (κ3) is 8.91. The monoisotopic (exact) mass is 173 g/mol. The lowest BCUT2D eigenvalue weighted by molar-refractivity contribution is -0.131. The molecule has 0 N–H and O–H groups in total. The van der Waals surface area contributed by atoms with Gasteiger partial charge in [-0.05, 0) is 12.1 Å². The highest BCUT2D eigenvalue weighted by Gasteiger charge is 1.79. The number of halogens is 1. The fraction of sp³-hybridized carbons (Fsp3) is 0.143. The standard InChI is InChI=1S/C5H5N.C2H3ClO2/c1-2-4-6-5-3-1;1-2(4)5-3/h1-5H;1H3. The van der Waals surface area contributed by atoms with E-state index in [9.17, 15) is 4.79 Å². The third-order valence-electron chi connectivity index (χ3n) is 0.675. The van der Waals surface area contributed by atoms with Crippen LogP contribution in [0.5, 0.6) is 0 Å². The highest BCUT2D eigenvalue weighted by atomic mass is 35.5. The van der Waals surface area contributed by atoms with Crippen molar-refractivity contribution < 1.29 is 9.08 Å². The van der Waals surface area contributed by atoms with Crippen molar-refractivity contribution >= 4 is 17.8 Å². The molecule has 0 spiro atoms. The molecular formula is C7H8ClNO2. The van der Waals surface area contributed by atoms with Gasteiger partial charge in [0.1, 0.15) is 11.9 Å². The predicted molar refractivity (Wildman–Crippen MR) is 41.9 cm³/mol. The van der Waals surface area contributed by atoms with E-state index in [2.05, 4.69) is 21.1 Å². The first kappa shape index (κ1) is 9.91. The van der Waals surface area contributed by atoms with Crippen LogP contribution in [-0.2, 0) is 9.08 Å². The quantitative estimate of drug-likeness (QED) is 0.601. The molecule has 0 fully saturated rings. The molecule has 0 aliphatic rings. The molecule has 0 radical (unpaired) electrons. The lowest BCUT2D eigenvalue weighted by Crippen LogP contribution is -1.82. The Morgan fingerprint density at radius 2 is 1.82 bits per heavy atom. The molecule has 0 unspecified atom stereocenters. The number of hydrogen-bond acceptors (Lipinski definition) is 3. The number of hydrogen-bond donors (Lipinski definition) is 0. The zero-order chi connectivity index (χ0) is 8.53. The lowest BCUT2D eigenvalue weighted by Gasteiger charge is -1.74. The first-order valence-electron chi connectivity index (χ1n) is 2.91. The van der Waals surface area contributed by atoms with E-state index in [-0.39, 0.29) is 0 Å². The van der Waals surface area contributed by atoms with Gasteiger partial charge >= 0.3 is 5.97 Å². The van der Waals surface area contributed by atoms with Crippen LogP contribution in [0.3, 0.4) is 0 Å². The van der Waals surface area contributed by atoms with Gasteiger partial charge in [-0.1, -0.05) is 6.07 Å². The van der Waals surface area contributed by atoms with Gasteiger partial charge in [-0.25, -0.2) is 0 Å². The first-order chi connectivity index (χ1) is 5.27. The molecule has 0 aliphatic carbocycles. The van der Waals surface area contributed by atoms with E-state index in [1.165, 1.54) is 6.92 Å². The molecule has 0 saturated carbocycles. The van der Waals surface area contributed by atoms with E-state index in [1.54, 1.807) is 12.4 Å². The summed E-state index contributed by atoms with van der Waals surface area (Å²) in [6, 6.07) is 5.72. The number of carbonyl (C=O) groups excluding carboxylic acids is 1. The lowest BCUT2D eigenvalue weighted by atomic mass is 10.5. The maximum Gasteiger partial charge on any atom is 0.321 e. The van der Waals surface area contributed by atoms with Crippen LogP contribution in [0.15, 0.2) is 30.6 Å². The molecule has 0 saturated heterocycles. The van der Waals surface area contributed by atoms with Gasteiger partial charge in [-0.2, -0.15) is 0 Å². The van der Waals surface area contributed by atoms with Crippen molar-refractivity contribution in [3.8, 4) is 0 Å². The molecule has 1 heterocycles. The van der Waals surface area contributed by atoms with Crippen molar-refractivity contribution in [1.82, 2.24) is 4.98 Å². The summed E-state index contributed by atoms with van der Waals surface area (Å²) < 4.78 is 3.58. The second kappa shape index (κ2) is 7.02. The number of pyridine rings is 1. The van der Waals surface area contributed by atoms with Gasteiger partial charge in [-0.3, -0.25) is 9.78 Å². The Morgan fingerprint density at radius 1 is 1.36 bits per heavy atom. The molecule has 60 valence electrons. The Hall–Kier alpha value is -1.09. The van der Waals surface area contributed by atoms with Crippen LogP contribution in [0, 0.1) is 0 Å². The van der Waals surface area contributed by atoms with Crippen molar-refractivity contribution in [2.24, 2.45) is 0 Å². The van der Waals surface area contributed by atoms with Gasteiger partial charge in [0.05, 0.1) is 0 Å². The second-order valence-corrected chi connectivity index (χ2v) is 1.75. The van der Waals surface area contributed by atoms with Gasteiger partial charge in [0, 0.05) is 19.3 Å². The van der Waals surface area contributed by atoms with Crippen LogP contribution in [0.4, 0.5) is 0 Å². The van der Waals surface area contributed by atoms with Gasteiger partial charge < -0.3 is 4.29 Å². The van der Waals surface area contributed by atoms with Crippen molar-refractivity contribution in [2.75, 3.05) is 0 Å². The normalized spacial score (nSPS) is 7.45. The Kier molecular flexibility index (Phi) is 6.33. The Labute approximate surface area is 70.1 Å². The molecule has 3 nitrogen and oxygen atoms in total. The second-order valence-electron chi connectivity index (χ2n) is 1.59. The molecule has 1 rings (SSSR count). The van der Waals surface area contributed by atoms with Crippen LogP contribution in [-0.4, -0.2) is 11.0 Å². The molecule has 1 aromatic rings. The highest BCUT2D eigenvalue weighted by molar-refractivity contribution is 6.12. The fourth-order valence-electron chi connectivity index (χ4n) is 0.313. The summed E-state index contributed by atoms with van der Waals surface area (Å²) in [6.07, 6.45) is 3.50. The van der Waals surface area contributed by atoms with Gasteiger partial charge in [0.2, 0.25) is 0 Å². The minimum Gasteiger partial charge on any atom is -0.348 e. The third-order valence-corrected chi connectivity index (χ3v) is 0.892. The Bertz CT molecular complexity index is 164. The van der Waals surface area contributed by atoms with E-state index in [0.29, 0.717) is 0 Å². The molecule has 11 heavy (non-hydrogen) atoms. The summed E-state index contributed by atoms with van der Waals surface area (Å²) in [5.74, 6) is -0.480. The van der Waals surface area contributed by atoms with Crippen molar-refractivity contribution in [3.05, 3.63) is 30.6 Å². The molecule has 0 aliphatic heterocycles. The van der Waals surface area contributed by atoms with Crippen LogP contribution in [0.2, 0.25) is 0 Å². The van der Waals surface area contributed by atoms with E-state index in [1.807, 2.05) is 18.2 Å². The largest absolute Gasteiger partial charge is 0.348 e. The Balaban J connectivity index is 0.000000187. The maximum absolute atomic E-state index is 9.46. The topological polar surface area (TPSA) is 39.2 Å². The highest BCUT2D eigenvalue weighted by Crippen LogP contribution is 1.75. The average molecular weight is 174 g/mol. The molecule has 0 bridgehead atoms. The number of rotatable bonds is 0. The van der Waals surface area contributed by atoms with E-state index in [4.69, 9.17) is 0 Å². The molecule has 0 atom stereocenters. The van der Waals surface area contributed by atoms with Gasteiger partial charge in [-0.15, -0.1) is 0 Å².